The average Bonchev–Trinajstić information content (AvgIpc) is 3.98. The molecule has 0 bridgehead atoms. The van der Waals surface area contributed by atoms with Crippen molar-refractivity contribution in [3.05, 3.63) is 164 Å². The number of rotatable bonds is 14. The standard InChI is InChI=1S/C25H26N2O3S.C24H24N2O3S/c1-30-24(29)19-11-9-18(10-12-19)15-23(28)22-8-4-3-7-20(22)16-21-17-31-25(26-21)27-13-5-2-6-14-27;27-22(14-17-8-10-18(11-9-17)23(28)29)21-7-3-2-6-19(21)15-20-16-30-24(25-20)26-12-4-1-5-13-26/h3-4,7-12,17H,2,5-6,13-16H2,1H3;2-3,6-11,16H,1,4-5,12-15H2,(H,28,29). The largest absolute Gasteiger partial charge is 0.478 e. The molecule has 0 unspecified atom stereocenters. The molecule has 0 atom stereocenters. The Morgan fingerprint density at radius 1 is 0.574 bits per heavy atom. The van der Waals surface area contributed by atoms with Crippen LogP contribution in [0.1, 0.15) is 114 Å². The number of hydrogen-bond acceptors (Lipinski definition) is 11. The van der Waals surface area contributed by atoms with Gasteiger partial charge in [-0.1, -0.05) is 72.8 Å². The monoisotopic (exact) mass is 854 g/mol. The Labute approximate surface area is 364 Å². The molecule has 0 radical (unpaired) electrons. The van der Waals surface area contributed by atoms with Crippen molar-refractivity contribution in [2.24, 2.45) is 0 Å². The van der Waals surface area contributed by atoms with Crippen LogP contribution in [0.3, 0.4) is 0 Å². The molecule has 2 aromatic heterocycles. The van der Waals surface area contributed by atoms with Crippen molar-refractivity contribution in [3.63, 3.8) is 0 Å². The van der Waals surface area contributed by atoms with Crippen molar-refractivity contribution in [3.8, 4) is 0 Å². The first-order valence-electron chi connectivity index (χ1n) is 20.8. The fourth-order valence-electron chi connectivity index (χ4n) is 7.70. The first kappa shape index (κ1) is 43.1. The van der Waals surface area contributed by atoms with Gasteiger partial charge in [-0.3, -0.25) is 9.59 Å². The quantitative estimate of drug-likeness (QED) is 0.0835. The molecule has 8 rings (SSSR count). The minimum Gasteiger partial charge on any atom is -0.478 e. The van der Waals surface area contributed by atoms with Crippen LogP contribution in [0, 0.1) is 0 Å². The number of ether oxygens (including phenoxy) is 1. The van der Waals surface area contributed by atoms with Crippen LogP contribution in [0.15, 0.2) is 108 Å². The molecule has 10 nitrogen and oxygen atoms in total. The van der Waals surface area contributed by atoms with Gasteiger partial charge in [0, 0.05) is 73.7 Å². The summed E-state index contributed by atoms with van der Waals surface area (Å²) in [5.41, 5.74) is 7.77. The van der Waals surface area contributed by atoms with Crippen LogP contribution in [0.2, 0.25) is 0 Å². The molecular formula is C49H50N4O6S2. The number of carboxylic acid groups (broad SMARTS) is 1. The summed E-state index contributed by atoms with van der Waals surface area (Å²) in [7, 11) is 1.36. The number of ketones is 2. The number of aromatic nitrogens is 2. The Balaban J connectivity index is 0.000000184. The lowest BCUT2D eigenvalue weighted by atomic mass is 9.96. The maximum absolute atomic E-state index is 13.0. The second-order valence-electron chi connectivity index (χ2n) is 15.4. The number of benzene rings is 4. The van der Waals surface area contributed by atoms with Gasteiger partial charge < -0.3 is 19.6 Å². The summed E-state index contributed by atoms with van der Waals surface area (Å²) in [4.78, 5) is 63.0. The molecule has 12 heteroatoms. The zero-order valence-corrected chi connectivity index (χ0v) is 36.0. The predicted octanol–water partition coefficient (Wildman–Crippen LogP) is 9.78. The molecule has 0 saturated carbocycles. The van der Waals surface area contributed by atoms with E-state index in [1.807, 2.05) is 48.5 Å². The highest BCUT2D eigenvalue weighted by molar-refractivity contribution is 7.14. The third-order valence-corrected chi connectivity index (χ3v) is 12.9. The molecule has 2 aliphatic rings. The SMILES string of the molecule is COC(=O)c1ccc(CC(=O)c2ccccc2Cc2csc(N3CCCCC3)n2)cc1.O=C(O)c1ccc(CC(=O)c2ccccc2Cc2csc(N3CCCCC3)n2)cc1. The maximum atomic E-state index is 13.0. The molecule has 2 fully saturated rings. The van der Waals surface area contributed by atoms with Crippen LogP contribution in [0.25, 0.3) is 0 Å². The number of carbonyl (C=O) groups is 4. The number of thiazole rings is 2. The lowest BCUT2D eigenvalue weighted by Crippen LogP contribution is -2.29. The molecule has 314 valence electrons. The van der Waals surface area contributed by atoms with Crippen LogP contribution in [0.5, 0.6) is 0 Å². The summed E-state index contributed by atoms with van der Waals surface area (Å²) >= 11 is 3.37. The van der Waals surface area contributed by atoms with Gasteiger partial charge in [0.25, 0.3) is 0 Å². The lowest BCUT2D eigenvalue weighted by molar-refractivity contribution is 0.0599. The van der Waals surface area contributed by atoms with Gasteiger partial charge in [-0.2, -0.15) is 0 Å². The van der Waals surface area contributed by atoms with E-state index in [1.165, 1.54) is 57.8 Å². The number of aromatic carboxylic acids is 1. The first-order valence-corrected chi connectivity index (χ1v) is 22.6. The lowest BCUT2D eigenvalue weighted by Gasteiger charge is -2.25. The number of Topliss-reactive ketones (excluding diaryl/α,β-unsaturated/α-hetero) is 2. The van der Waals surface area contributed by atoms with Gasteiger partial charge in [-0.15, -0.1) is 22.7 Å². The molecule has 2 saturated heterocycles. The third-order valence-electron chi connectivity index (χ3n) is 11.0. The third kappa shape index (κ3) is 11.6. The highest BCUT2D eigenvalue weighted by Gasteiger charge is 2.19. The number of carbonyl (C=O) groups excluding carboxylic acids is 3. The van der Waals surface area contributed by atoms with E-state index in [0.29, 0.717) is 24.0 Å². The number of hydrogen-bond donors (Lipinski definition) is 1. The first-order chi connectivity index (χ1) is 29.7. The fraction of sp³-hybridized carbons (Fsp3) is 0.306. The summed E-state index contributed by atoms with van der Waals surface area (Å²) in [6.07, 6.45) is 9.30. The Morgan fingerprint density at radius 2 is 0.984 bits per heavy atom. The highest BCUT2D eigenvalue weighted by atomic mass is 32.1. The van der Waals surface area contributed by atoms with Gasteiger partial charge in [0.15, 0.2) is 21.8 Å². The van der Waals surface area contributed by atoms with Crippen molar-refractivity contribution in [2.75, 3.05) is 43.1 Å². The van der Waals surface area contributed by atoms with Gasteiger partial charge in [-0.25, -0.2) is 19.6 Å². The second kappa shape index (κ2) is 21.0. The van der Waals surface area contributed by atoms with Crippen LogP contribution in [-0.4, -0.2) is 71.9 Å². The summed E-state index contributed by atoms with van der Waals surface area (Å²) in [6.45, 7) is 4.30. The van der Waals surface area contributed by atoms with Crippen molar-refractivity contribution < 1.29 is 29.0 Å². The minimum absolute atomic E-state index is 0.0279. The van der Waals surface area contributed by atoms with Gasteiger partial charge >= 0.3 is 11.9 Å². The van der Waals surface area contributed by atoms with Gasteiger partial charge in [0.2, 0.25) is 0 Å². The van der Waals surface area contributed by atoms with E-state index in [4.69, 9.17) is 19.8 Å². The van der Waals surface area contributed by atoms with Crippen LogP contribution in [-0.2, 0) is 30.4 Å². The topological polar surface area (TPSA) is 130 Å². The van der Waals surface area contributed by atoms with Crippen molar-refractivity contribution >= 4 is 56.4 Å². The van der Waals surface area contributed by atoms with Gasteiger partial charge in [0.1, 0.15) is 0 Å². The number of piperidine rings is 2. The molecule has 1 N–H and O–H groups in total. The Bertz CT molecular complexity index is 2430. The second-order valence-corrected chi connectivity index (χ2v) is 17.1. The van der Waals surface area contributed by atoms with Gasteiger partial charge in [0.05, 0.1) is 29.6 Å². The number of esters is 1. The van der Waals surface area contributed by atoms with E-state index in [2.05, 4.69) is 20.6 Å². The zero-order chi connectivity index (χ0) is 42.6. The number of nitrogens with zero attached hydrogens (tertiary/aromatic N) is 4. The summed E-state index contributed by atoms with van der Waals surface area (Å²) in [5.74, 6) is -1.26. The van der Waals surface area contributed by atoms with E-state index in [1.54, 1.807) is 59.1 Å². The molecule has 2 aliphatic heterocycles. The zero-order valence-electron chi connectivity index (χ0n) is 34.4. The predicted molar refractivity (Wildman–Crippen MR) is 242 cm³/mol. The van der Waals surface area contributed by atoms with Crippen molar-refractivity contribution in [1.82, 2.24) is 9.97 Å². The number of anilines is 2. The molecule has 4 aromatic carbocycles. The van der Waals surface area contributed by atoms with E-state index in [9.17, 15) is 19.2 Å². The van der Waals surface area contributed by atoms with E-state index in [0.717, 1.165) is 75.6 Å². The minimum atomic E-state index is -0.967. The average molecular weight is 855 g/mol. The van der Waals surface area contributed by atoms with E-state index >= 15 is 0 Å². The van der Waals surface area contributed by atoms with E-state index < -0.39 is 5.97 Å². The van der Waals surface area contributed by atoms with E-state index in [-0.39, 0.29) is 35.9 Å². The Hall–Kier alpha value is -5.98. The molecule has 0 amide bonds. The molecule has 0 spiro atoms. The smallest absolute Gasteiger partial charge is 0.337 e. The molecule has 61 heavy (non-hydrogen) atoms. The Kier molecular flexibility index (Phi) is 14.9. The molecule has 6 aromatic rings. The fourth-order valence-corrected chi connectivity index (χ4v) is 9.46. The van der Waals surface area contributed by atoms with Gasteiger partial charge in [-0.05, 0) is 85.0 Å². The number of carboxylic acids is 1. The maximum Gasteiger partial charge on any atom is 0.337 e. The normalized spacial score (nSPS) is 13.9. The van der Waals surface area contributed by atoms with Crippen molar-refractivity contribution in [1.29, 1.82) is 0 Å². The summed E-state index contributed by atoms with van der Waals surface area (Å²) in [5, 5.41) is 15.4. The van der Waals surface area contributed by atoms with Crippen molar-refractivity contribution in [2.45, 2.75) is 64.2 Å². The molecule has 0 aliphatic carbocycles. The van der Waals surface area contributed by atoms with Crippen LogP contribution < -0.4 is 9.80 Å². The highest BCUT2D eigenvalue weighted by Crippen LogP contribution is 2.28. The summed E-state index contributed by atoms with van der Waals surface area (Å²) in [6, 6.07) is 28.9. The number of methoxy groups -OCH3 is 1. The van der Waals surface area contributed by atoms with Crippen LogP contribution >= 0.6 is 22.7 Å². The Morgan fingerprint density at radius 3 is 1.39 bits per heavy atom. The molecular weight excluding hydrogens is 805 g/mol. The van der Waals surface area contributed by atoms with Crippen LogP contribution in [0.4, 0.5) is 10.3 Å². The summed E-state index contributed by atoms with van der Waals surface area (Å²) < 4.78 is 4.73. The molecule has 4 heterocycles.